The normalized spacial score (nSPS) is 11.2. The zero-order valence-electron chi connectivity index (χ0n) is 11.6. The molecular formula is C15H16BrFN2O. The van der Waals surface area contributed by atoms with Crippen molar-refractivity contribution in [2.45, 2.75) is 26.3 Å². The molecule has 3 nitrogen and oxygen atoms in total. The summed E-state index contributed by atoms with van der Waals surface area (Å²) in [6.45, 7) is 6.16. The number of halogens is 2. The number of nitrogens with one attached hydrogen (secondary N) is 1. The average molecular weight is 339 g/mol. The van der Waals surface area contributed by atoms with Gasteiger partial charge in [0.2, 0.25) is 5.88 Å². The van der Waals surface area contributed by atoms with Gasteiger partial charge in [-0.05, 0) is 61.0 Å². The third-order valence-corrected chi connectivity index (χ3v) is 2.95. The monoisotopic (exact) mass is 338 g/mol. The SMILES string of the molecule is CC(C)(C)Nc1cccc(Oc2ccc(F)cc2Br)n1. The lowest BCUT2D eigenvalue weighted by atomic mass is 10.1. The van der Waals surface area contributed by atoms with Crippen LogP contribution in [0.15, 0.2) is 40.9 Å². The molecule has 0 amide bonds. The lowest BCUT2D eigenvalue weighted by molar-refractivity contribution is 0.458. The molecule has 1 N–H and O–H groups in total. The molecule has 0 saturated carbocycles. The third kappa shape index (κ3) is 4.20. The summed E-state index contributed by atoms with van der Waals surface area (Å²) in [7, 11) is 0. The number of nitrogens with zero attached hydrogens (tertiary/aromatic N) is 1. The van der Waals surface area contributed by atoms with Crippen molar-refractivity contribution in [3.8, 4) is 11.6 Å². The van der Waals surface area contributed by atoms with E-state index in [4.69, 9.17) is 4.74 Å². The Morgan fingerprint density at radius 1 is 1.20 bits per heavy atom. The summed E-state index contributed by atoms with van der Waals surface area (Å²) in [5, 5.41) is 3.27. The van der Waals surface area contributed by atoms with Crippen molar-refractivity contribution in [2.75, 3.05) is 5.32 Å². The Hall–Kier alpha value is -1.62. The number of pyridine rings is 1. The van der Waals surface area contributed by atoms with Crippen LogP contribution in [0.3, 0.4) is 0 Å². The highest BCUT2D eigenvalue weighted by molar-refractivity contribution is 9.10. The molecule has 5 heteroatoms. The van der Waals surface area contributed by atoms with Gasteiger partial charge in [-0.25, -0.2) is 4.39 Å². The van der Waals surface area contributed by atoms with Crippen molar-refractivity contribution in [1.82, 2.24) is 4.98 Å². The molecule has 0 aliphatic carbocycles. The second kappa shape index (κ2) is 5.79. The van der Waals surface area contributed by atoms with E-state index in [0.717, 1.165) is 5.82 Å². The van der Waals surface area contributed by atoms with Gasteiger partial charge in [0.25, 0.3) is 0 Å². The van der Waals surface area contributed by atoms with Crippen LogP contribution in [0, 0.1) is 5.82 Å². The molecular weight excluding hydrogens is 323 g/mol. The van der Waals surface area contributed by atoms with Gasteiger partial charge >= 0.3 is 0 Å². The maximum atomic E-state index is 13.0. The molecule has 20 heavy (non-hydrogen) atoms. The van der Waals surface area contributed by atoms with E-state index in [1.165, 1.54) is 12.1 Å². The Bertz CT molecular complexity index is 611. The fourth-order valence-electron chi connectivity index (χ4n) is 1.60. The smallest absolute Gasteiger partial charge is 0.221 e. The van der Waals surface area contributed by atoms with E-state index in [0.29, 0.717) is 16.1 Å². The van der Waals surface area contributed by atoms with Gasteiger partial charge < -0.3 is 10.1 Å². The lowest BCUT2D eigenvalue weighted by Crippen LogP contribution is -2.26. The Balaban J connectivity index is 2.19. The van der Waals surface area contributed by atoms with Crippen LogP contribution in [0.2, 0.25) is 0 Å². The van der Waals surface area contributed by atoms with Crippen molar-refractivity contribution >= 4 is 21.7 Å². The largest absolute Gasteiger partial charge is 0.438 e. The molecule has 2 rings (SSSR count). The number of anilines is 1. The summed E-state index contributed by atoms with van der Waals surface area (Å²) >= 11 is 3.26. The predicted octanol–water partition coefficient (Wildman–Crippen LogP) is 4.99. The first kappa shape index (κ1) is 14.8. The van der Waals surface area contributed by atoms with Crippen LogP contribution in [0.25, 0.3) is 0 Å². The topological polar surface area (TPSA) is 34.1 Å². The van der Waals surface area contributed by atoms with Crippen LogP contribution < -0.4 is 10.1 Å². The summed E-state index contributed by atoms with van der Waals surface area (Å²) in [5.41, 5.74) is -0.0813. The average Bonchev–Trinajstić information content (AvgIpc) is 2.31. The molecule has 0 aliphatic rings. The standard InChI is InChI=1S/C15H16BrFN2O/c1-15(2,3)19-13-5-4-6-14(18-13)20-12-8-7-10(17)9-11(12)16/h4-9H,1-3H3,(H,18,19). The Labute approximate surface area is 126 Å². The first-order valence-corrected chi connectivity index (χ1v) is 7.01. The molecule has 0 bridgehead atoms. The minimum atomic E-state index is -0.319. The van der Waals surface area contributed by atoms with Gasteiger partial charge in [-0.1, -0.05) is 6.07 Å². The summed E-state index contributed by atoms with van der Waals surface area (Å²) in [4.78, 5) is 4.37. The van der Waals surface area contributed by atoms with Crippen LogP contribution in [0.1, 0.15) is 20.8 Å². The van der Waals surface area contributed by atoms with Gasteiger partial charge in [0, 0.05) is 11.6 Å². The van der Waals surface area contributed by atoms with E-state index < -0.39 is 0 Å². The summed E-state index contributed by atoms with van der Waals surface area (Å²) in [6.07, 6.45) is 0. The van der Waals surface area contributed by atoms with Gasteiger partial charge in [0.15, 0.2) is 0 Å². The van der Waals surface area contributed by atoms with Crippen LogP contribution >= 0.6 is 15.9 Å². The van der Waals surface area contributed by atoms with Gasteiger partial charge in [-0.2, -0.15) is 4.98 Å². The second-order valence-corrected chi connectivity index (χ2v) is 6.27. The maximum absolute atomic E-state index is 13.0. The molecule has 2 aromatic rings. The zero-order valence-corrected chi connectivity index (χ0v) is 13.2. The number of ether oxygens (including phenoxy) is 1. The van der Waals surface area contributed by atoms with Crippen LogP contribution in [-0.4, -0.2) is 10.5 Å². The first-order valence-electron chi connectivity index (χ1n) is 6.22. The predicted molar refractivity (Wildman–Crippen MR) is 81.8 cm³/mol. The van der Waals surface area contributed by atoms with Gasteiger partial charge in [-0.3, -0.25) is 0 Å². The molecule has 0 fully saturated rings. The van der Waals surface area contributed by atoms with Crippen LogP contribution in [0.4, 0.5) is 10.2 Å². The van der Waals surface area contributed by atoms with E-state index in [-0.39, 0.29) is 11.4 Å². The molecule has 0 aliphatic heterocycles. The molecule has 0 unspecified atom stereocenters. The van der Waals surface area contributed by atoms with Crippen molar-refractivity contribution in [1.29, 1.82) is 0 Å². The van der Waals surface area contributed by atoms with Crippen molar-refractivity contribution in [3.63, 3.8) is 0 Å². The molecule has 0 saturated heterocycles. The fourth-order valence-corrected chi connectivity index (χ4v) is 2.03. The highest BCUT2D eigenvalue weighted by Gasteiger charge is 2.11. The van der Waals surface area contributed by atoms with E-state index >= 15 is 0 Å². The van der Waals surface area contributed by atoms with E-state index in [1.807, 2.05) is 12.1 Å². The molecule has 0 atom stereocenters. The number of aromatic nitrogens is 1. The molecule has 0 radical (unpaired) electrons. The van der Waals surface area contributed by atoms with Crippen molar-refractivity contribution in [2.24, 2.45) is 0 Å². The Kier molecular flexibility index (Phi) is 4.28. The molecule has 1 heterocycles. The van der Waals surface area contributed by atoms with Crippen molar-refractivity contribution < 1.29 is 9.13 Å². The Morgan fingerprint density at radius 3 is 2.60 bits per heavy atom. The number of benzene rings is 1. The van der Waals surface area contributed by atoms with Crippen LogP contribution in [0.5, 0.6) is 11.6 Å². The molecule has 1 aromatic carbocycles. The summed E-state index contributed by atoms with van der Waals surface area (Å²) in [6, 6.07) is 9.74. The fraction of sp³-hybridized carbons (Fsp3) is 0.267. The minimum Gasteiger partial charge on any atom is -0.438 e. The number of rotatable bonds is 3. The van der Waals surface area contributed by atoms with Crippen molar-refractivity contribution in [3.05, 3.63) is 46.7 Å². The maximum Gasteiger partial charge on any atom is 0.221 e. The minimum absolute atomic E-state index is 0.0813. The highest BCUT2D eigenvalue weighted by Crippen LogP contribution is 2.29. The summed E-state index contributed by atoms with van der Waals surface area (Å²) in [5.74, 6) is 1.38. The van der Waals surface area contributed by atoms with Gasteiger partial charge in [0.05, 0.1) is 4.47 Å². The van der Waals surface area contributed by atoms with E-state index in [2.05, 4.69) is 47.0 Å². The summed E-state index contributed by atoms with van der Waals surface area (Å²) < 4.78 is 19.2. The Morgan fingerprint density at radius 2 is 1.95 bits per heavy atom. The van der Waals surface area contributed by atoms with E-state index in [1.54, 1.807) is 12.1 Å². The van der Waals surface area contributed by atoms with E-state index in [9.17, 15) is 4.39 Å². The van der Waals surface area contributed by atoms with Gasteiger partial charge in [-0.15, -0.1) is 0 Å². The molecule has 1 aromatic heterocycles. The second-order valence-electron chi connectivity index (χ2n) is 5.41. The van der Waals surface area contributed by atoms with Crippen LogP contribution in [-0.2, 0) is 0 Å². The highest BCUT2D eigenvalue weighted by atomic mass is 79.9. The zero-order chi connectivity index (χ0) is 14.8. The quantitative estimate of drug-likeness (QED) is 0.856. The lowest BCUT2D eigenvalue weighted by Gasteiger charge is -2.21. The molecule has 106 valence electrons. The van der Waals surface area contributed by atoms with Gasteiger partial charge in [0.1, 0.15) is 17.4 Å². The molecule has 0 spiro atoms. The first-order chi connectivity index (χ1) is 9.33. The third-order valence-electron chi connectivity index (χ3n) is 2.34. The number of hydrogen-bond acceptors (Lipinski definition) is 3. The number of hydrogen-bond donors (Lipinski definition) is 1.